The van der Waals surface area contributed by atoms with Crippen molar-refractivity contribution in [2.24, 2.45) is 0 Å². The Balaban J connectivity index is 2.15. The number of fused-ring (bicyclic) bond motifs is 3. The van der Waals surface area contributed by atoms with E-state index in [1.165, 1.54) is 0 Å². The van der Waals surface area contributed by atoms with Crippen molar-refractivity contribution in [3.8, 4) is 11.1 Å². The van der Waals surface area contributed by atoms with E-state index in [1.54, 1.807) is 0 Å². The first-order valence-corrected chi connectivity index (χ1v) is 8.64. The lowest BCUT2D eigenvalue weighted by Gasteiger charge is -2.10. The minimum absolute atomic E-state index is 0.665. The van der Waals surface area contributed by atoms with Crippen LogP contribution in [-0.2, 0) is 6.54 Å². The Hall–Kier alpha value is -2.65. The van der Waals surface area contributed by atoms with E-state index in [2.05, 4.69) is 16.5 Å². The van der Waals surface area contributed by atoms with Crippen LogP contribution in [0.4, 0.5) is 0 Å². The van der Waals surface area contributed by atoms with Gasteiger partial charge < -0.3 is 4.57 Å². The van der Waals surface area contributed by atoms with Gasteiger partial charge >= 0.3 is 0 Å². The summed E-state index contributed by atoms with van der Waals surface area (Å²) < 4.78 is 2.30. The first-order chi connectivity index (χ1) is 12.1. The lowest BCUT2D eigenvalue weighted by molar-refractivity contribution is 0.112. The normalized spacial score (nSPS) is 11.3. The molecule has 0 aliphatic heterocycles. The molecule has 0 aliphatic rings. The standard InChI is InChI=1S/C21H17ClN2O/c1-3-24-20-13(2)23-9-8-17(20)19-11-16(22)10-18(21(19)24)15-6-4-14(12-25)5-7-15/h4-12H,3H2,1-2H3. The number of aldehydes is 1. The highest BCUT2D eigenvalue weighted by Crippen LogP contribution is 2.38. The number of aromatic nitrogens is 2. The predicted octanol–water partition coefficient (Wildman–Crippen LogP) is 5.65. The zero-order chi connectivity index (χ0) is 17.6. The number of carbonyl (C=O) groups excluding carboxylic acids is 1. The second-order valence-corrected chi connectivity index (χ2v) is 6.56. The Morgan fingerprint density at radius 1 is 1.08 bits per heavy atom. The zero-order valence-electron chi connectivity index (χ0n) is 14.1. The molecule has 3 nitrogen and oxygen atoms in total. The number of halogens is 1. The minimum Gasteiger partial charge on any atom is -0.339 e. The quantitative estimate of drug-likeness (QED) is 0.448. The summed E-state index contributed by atoms with van der Waals surface area (Å²) in [5.74, 6) is 0. The monoisotopic (exact) mass is 348 g/mol. The molecule has 0 unspecified atom stereocenters. The molecule has 0 spiro atoms. The van der Waals surface area contributed by atoms with Gasteiger partial charge in [0.25, 0.3) is 0 Å². The summed E-state index contributed by atoms with van der Waals surface area (Å²) in [6, 6.07) is 13.7. The van der Waals surface area contributed by atoms with Crippen LogP contribution in [0.15, 0.2) is 48.7 Å². The number of rotatable bonds is 3. The summed E-state index contributed by atoms with van der Waals surface area (Å²) in [6.45, 7) is 5.01. The maximum absolute atomic E-state index is 10.9. The fourth-order valence-corrected chi connectivity index (χ4v) is 3.82. The van der Waals surface area contributed by atoms with Crippen molar-refractivity contribution in [2.45, 2.75) is 20.4 Å². The highest BCUT2D eigenvalue weighted by Gasteiger charge is 2.17. The first-order valence-electron chi connectivity index (χ1n) is 8.26. The van der Waals surface area contributed by atoms with E-state index in [9.17, 15) is 4.79 Å². The number of pyridine rings is 1. The van der Waals surface area contributed by atoms with Gasteiger partial charge in [-0.25, -0.2) is 0 Å². The molecule has 0 saturated heterocycles. The third kappa shape index (κ3) is 2.43. The molecular weight excluding hydrogens is 332 g/mol. The van der Waals surface area contributed by atoms with Crippen LogP contribution in [0.5, 0.6) is 0 Å². The van der Waals surface area contributed by atoms with Crippen molar-refractivity contribution in [2.75, 3.05) is 0 Å². The third-order valence-corrected chi connectivity index (χ3v) is 4.90. The number of aryl methyl sites for hydroxylation is 2. The van der Waals surface area contributed by atoms with Crippen molar-refractivity contribution in [1.29, 1.82) is 0 Å². The third-order valence-electron chi connectivity index (χ3n) is 4.69. The van der Waals surface area contributed by atoms with Gasteiger partial charge in [-0.1, -0.05) is 35.9 Å². The van der Waals surface area contributed by atoms with Crippen LogP contribution in [0.2, 0.25) is 5.02 Å². The molecule has 0 N–H and O–H groups in total. The van der Waals surface area contributed by atoms with E-state index in [-0.39, 0.29) is 0 Å². The summed E-state index contributed by atoms with van der Waals surface area (Å²) in [6.07, 6.45) is 2.70. The highest BCUT2D eigenvalue weighted by atomic mass is 35.5. The molecule has 124 valence electrons. The van der Waals surface area contributed by atoms with Crippen molar-refractivity contribution < 1.29 is 4.79 Å². The molecular formula is C21H17ClN2O. The molecule has 4 aromatic rings. The van der Waals surface area contributed by atoms with E-state index in [0.29, 0.717) is 10.6 Å². The smallest absolute Gasteiger partial charge is 0.150 e. The van der Waals surface area contributed by atoms with Gasteiger partial charge in [-0.3, -0.25) is 9.78 Å². The van der Waals surface area contributed by atoms with Crippen LogP contribution >= 0.6 is 11.6 Å². The SMILES string of the molecule is CCn1c2c(-c3ccc(C=O)cc3)cc(Cl)cc2c2ccnc(C)c21. The average molecular weight is 349 g/mol. The van der Waals surface area contributed by atoms with Gasteiger partial charge in [0, 0.05) is 39.7 Å². The van der Waals surface area contributed by atoms with Gasteiger partial charge in [-0.05, 0) is 37.6 Å². The Morgan fingerprint density at radius 2 is 1.84 bits per heavy atom. The van der Waals surface area contributed by atoms with Gasteiger partial charge in [0.05, 0.1) is 16.7 Å². The molecule has 0 radical (unpaired) electrons. The number of carbonyl (C=O) groups is 1. The fraction of sp³-hybridized carbons (Fsp3) is 0.143. The molecule has 0 amide bonds. The van der Waals surface area contributed by atoms with E-state index in [0.717, 1.165) is 51.5 Å². The van der Waals surface area contributed by atoms with Gasteiger partial charge in [-0.15, -0.1) is 0 Å². The van der Waals surface area contributed by atoms with Crippen LogP contribution in [0.3, 0.4) is 0 Å². The van der Waals surface area contributed by atoms with E-state index in [4.69, 9.17) is 11.6 Å². The summed E-state index contributed by atoms with van der Waals surface area (Å²) in [5.41, 5.74) is 6.08. The second-order valence-electron chi connectivity index (χ2n) is 6.13. The fourth-order valence-electron chi connectivity index (χ4n) is 3.60. The first kappa shape index (κ1) is 15.9. The van der Waals surface area contributed by atoms with Crippen LogP contribution in [0.25, 0.3) is 32.9 Å². The summed E-state index contributed by atoms with van der Waals surface area (Å²) >= 11 is 6.44. The van der Waals surface area contributed by atoms with Crippen molar-refractivity contribution in [3.05, 3.63) is 64.9 Å². The molecule has 4 rings (SSSR count). The zero-order valence-corrected chi connectivity index (χ0v) is 14.8. The van der Waals surface area contributed by atoms with Gasteiger partial charge in [0.15, 0.2) is 0 Å². The molecule has 4 heteroatoms. The van der Waals surface area contributed by atoms with Gasteiger partial charge in [0.2, 0.25) is 0 Å². The number of hydrogen-bond donors (Lipinski definition) is 0. The summed E-state index contributed by atoms with van der Waals surface area (Å²) in [5, 5.41) is 2.99. The van der Waals surface area contributed by atoms with E-state index >= 15 is 0 Å². The molecule has 0 saturated carbocycles. The Kier molecular flexibility index (Phi) is 3.81. The Bertz CT molecular complexity index is 1110. The van der Waals surface area contributed by atoms with E-state index < -0.39 is 0 Å². The number of benzene rings is 2. The highest BCUT2D eigenvalue weighted by molar-refractivity contribution is 6.32. The largest absolute Gasteiger partial charge is 0.339 e. The molecule has 2 heterocycles. The predicted molar refractivity (Wildman–Crippen MR) is 103 cm³/mol. The lowest BCUT2D eigenvalue weighted by Crippen LogP contribution is -1.97. The molecule has 0 bridgehead atoms. The van der Waals surface area contributed by atoms with Crippen LogP contribution in [0.1, 0.15) is 23.0 Å². The molecule has 2 aromatic heterocycles. The maximum atomic E-state index is 10.9. The maximum Gasteiger partial charge on any atom is 0.150 e. The topological polar surface area (TPSA) is 34.9 Å². The molecule has 2 aromatic carbocycles. The van der Waals surface area contributed by atoms with Crippen LogP contribution in [-0.4, -0.2) is 15.8 Å². The molecule has 0 atom stereocenters. The Labute approximate surface area is 150 Å². The molecule has 0 fully saturated rings. The molecule has 25 heavy (non-hydrogen) atoms. The minimum atomic E-state index is 0.665. The second kappa shape index (κ2) is 6.01. The average Bonchev–Trinajstić information content (AvgIpc) is 2.96. The van der Waals surface area contributed by atoms with Crippen molar-refractivity contribution in [3.63, 3.8) is 0 Å². The van der Waals surface area contributed by atoms with Crippen LogP contribution < -0.4 is 0 Å². The van der Waals surface area contributed by atoms with Crippen molar-refractivity contribution >= 4 is 39.7 Å². The summed E-state index contributed by atoms with van der Waals surface area (Å²) in [7, 11) is 0. The Morgan fingerprint density at radius 3 is 2.52 bits per heavy atom. The van der Waals surface area contributed by atoms with Crippen LogP contribution in [0, 0.1) is 6.92 Å². The molecule has 0 aliphatic carbocycles. The lowest BCUT2D eigenvalue weighted by atomic mass is 10.0. The van der Waals surface area contributed by atoms with E-state index in [1.807, 2.05) is 55.6 Å². The van der Waals surface area contributed by atoms with Gasteiger partial charge in [-0.2, -0.15) is 0 Å². The number of nitrogens with zero attached hydrogens (tertiary/aromatic N) is 2. The number of hydrogen-bond acceptors (Lipinski definition) is 2. The van der Waals surface area contributed by atoms with Crippen molar-refractivity contribution in [1.82, 2.24) is 9.55 Å². The summed E-state index contributed by atoms with van der Waals surface area (Å²) in [4.78, 5) is 15.4. The van der Waals surface area contributed by atoms with Gasteiger partial charge in [0.1, 0.15) is 6.29 Å².